The Morgan fingerprint density at radius 3 is 2.61 bits per heavy atom. The van der Waals surface area contributed by atoms with Crippen LogP contribution in [0.2, 0.25) is 0 Å². The van der Waals surface area contributed by atoms with Gasteiger partial charge in [-0.3, -0.25) is 0 Å². The van der Waals surface area contributed by atoms with Gasteiger partial charge in [0.1, 0.15) is 15.7 Å². The fourth-order valence-electron chi connectivity index (χ4n) is 1.99. The van der Waals surface area contributed by atoms with Gasteiger partial charge >= 0.3 is 6.03 Å². The maximum absolute atomic E-state index is 13.8. The fraction of sp³-hybridized carbons (Fsp3) is 0.267. The molecule has 0 aliphatic rings. The topological polar surface area (TPSA) is 80.2 Å². The highest BCUT2D eigenvalue weighted by Crippen LogP contribution is 2.18. The number of nitrogens with zero attached hydrogens (tertiary/aromatic N) is 1. The van der Waals surface area contributed by atoms with Gasteiger partial charge in [-0.2, -0.15) is 0 Å². The minimum Gasteiger partial charge on any atom is -0.338 e. The lowest BCUT2D eigenvalue weighted by Gasteiger charge is -2.10. The molecule has 2 amide bonds. The Bertz CT molecular complexity index is 773. The summed E-state index contributed by atoms with van der Waals surface area (Å²) in [4.78, 5) is 11.7. The monoisotopic (exact) mass is 339 g/mol. The highest BCUT2D eigenvalue weighted by atomic mass is 32.2. The van der Waals surface area contributed by atoms with E-state index in [1.165, 1.54) is 18.2 Å². The molecule has 0 spiro atoms. The maximum Gasteiger partial charge on any atom is 0.319 e. The smallest absolute Gasteiger partial charge is 0.319 e. The molecule has 1 heterocycles. The number of amides is 2. The number of carbonyl (C=O) groups is 1. The molecule has 0 saturated heterocycles. The molecule has 0 bridgehead atoms. The first-order valence-electron chi connectivity index (χ1n) is 7.00. The molecule has 0 radical (unpaired) electrons. The minimum absolute atomic E-state index is 0.0155. The Kier molecular flexibility index (Phi) is 5.38. The molecule has 2 aromatic rings. The van der Waals surface area contributed by atoms with E-state index in [4.69, 9.17) is 0 Å². The molecule has 0 saturated carbocycles. The molecule has 0 unspecified atom stereocenters. The minimum atomic E-state index is -3.03. The van der Waals surface area contributed by atoms with Crippen molar-refractivity contribution in [1.29, 1.82) is 0 Å². The van der Waals surface area contributed by atoms with E-state index < -0.39 is 21.7 Å². The summed E-state index contributed by atoms with van der Waals surface area (Å²) >= 11 is 0. The van der Waals surface area contributed by atoms with Gasteiger partial charge in [0.2, 0.25) is 0 Å². The van der Waals surface area contributed by atoms with Gasteiger partial charge < -0.3 is 15.2 Å². The number of benzene rings is 1. The second-order valence-electron chi connectivity index (χ2n) is 5.12. The van der Waals surface area contributed by atoms with Crippen molar-refractivity contribution in [2.24, 2.45) is 0 Å². The Morgan fingerprint density at radius 2 is 1.96 bits per heavy atom. The number of carbonyl (C=O) groups excluding carboxylic acids is 1. The number of rotatable bonds is 6. The summed E-state index contributed by atoms with van der Waals surface area (Å²) in [5.41, 5.74) is 0.764. The molecule has 1 aromatic heterocycles. The lowest BCUT2D eigenvalue weighted by atomic mass is 10.2. The lowest BCUT2D eigenvalue weighted by molar-refractivity contribution is 0.252. The third-order valence-corrected chi connectivity index (χ3v) is 4.09. The SMILES string of the molecule is CS(=O)(=O)CCCNC(=O)Nc1ccc(F)c(-n2cccc2)c1. The first kappa shape index (κ1) is 17.0. The maximum atomic E-state index is 13.8. The summed E-state index contributed by atoms with van der Waals surface area (Å²) in [6.45, 7) is 0.241. The number of halogens is 1. The zero-order valence-corrected chi connectivity index (χ0v) is 13.4. The van der Waals surface area contributed by atoms with Gasteiger partial charge in [-0.05, 0) is 36.8 Å². The second-order valence-corrected chi connectivity index (χ2v) is 7.38. The number of urea groups is 1. The van der Waals surface area contributed by atoms with Gasteiger partial charge in [0.05, 0.1) is 11.4 Å². The van der Waals surface area contributed by atoms with Gasteiger partial charge in [-0.25, -0.2) is 17.6 Å². The molecule has 23 heavy (non-hydrogen) atoms. The first-order chi connectivity index (χ1) is 10.8. The van der Waals surface area contributed by atoms with Crippen LogP contribution in [-0.4, -0.2) is 37.6 Å². The summed E-state index contributed by atoms with van der Waals surface area (Å²) in [7, 11) is -3.03. The lowest BCUT2D eigenvalue weighted by Crippen LogP contribution is -2.30. The van der Waals surface area contributed by atoms with Crippen molar-refractivity contribution in [3.05, 3.63) is 48.5 Å². The molecule has 124 valence electrons. The van der Waals surface area contributed by atoms with Crippen molar-refractivity contribution in [2.75, 3.05) is 23.9 Å². The molecule has 6 nitrogen and oxygen atoms in total. The standard InChI is InChI=1S/C15H18FN3O3S/c1-23(21,22)10-4-7-17-15(20)18-12-5-6-13(16)14(11-12)19-8-2-3-9-19/h2-3,5-6,8-9,11H,4,7,10H2,1H3,(H2,17,18,20). The van der Waals surface area contributed by atoms with E-state index >= 15 is 0 Å². The summed E-state index contributed by atoms with van der Waals surface area (Å²) in [6, 6.07) is 7.32. The van der Waals surface area contributed by atoms with Gasteiger partial charge in [0.15, 0.2) is 0 Å². The highest BCUT2D eigenvalue weighted by Gasteiger charge is 2.08. The average molecular weight is 339 g/mol. The quantitative estimate of drug-likeness (QED) is 0.792. The molecule has 0 aliphatic heterocycles. The zero-order valence-electron chi connectivity index (χ0n) is 12.6. The van der Waals surface area contributed by atoms with Crippen molar-refractivity contribution < 1.29 is 17.6 Å². The van der Waals surface area contributed by atoms with Crippen LogP contribution in [0, 0.1) is 5.82 Å². The molecule has 8 heteroatoms. The Morgan fingerprint density at radius 1 is 1.26 bits per heavy atom. The van der Waals surface area contributed by atoms with Crippen molar-refractivity contribution in [1.82, 2.24) is 9.88 Å². The fourth-order valence-corrected chi connectivity index (χ4v) is 2.66. The van der Waals surface area contributed by atoms with Crippen LogP contribution in [0.25, 0.3) is 5.69 Å². The van der Waals surface area contributed by atoms with Gasteiger partial charge in [0, 0.05) is 30.9 Å². The molecule has 1 aromatic carbocycles. The van der Waals surface area contributed by atoms with Crippen LogP contribution in [0.5, 0.6) is 0 Å². The van der Waals surface area contributed by atoms with E-state index in [-0.39, 0.29) is 12.3 Å². The summed E-state index contributed by atoms with van der Waals surface area (Å²) in [5, 5.41) is 5.15. The van der Waals surface area contributed by atoms with E-state index in [9.17, 15) is 17.6 Å². The average Bonchev–Trinajstić information content (AvgIpc) is 2.99. The number of aromatic nitrogens is 1. The van der Waals surface area contributed by atoms with E-state index in [1.54, 1.807) is 29.1 Å². The molecular formula is C15H18FN3O3S. The van der Waals surface area contributed by atoms with Crippen molar-refractivity contribution in [3.8, 4) is 5.69 Å². The molecule has 0 aliphatic carbocycles. The van der Waals surface area contributed by atoms with Crippen LogP contribution in [0.3, 0.4) is 0 Å². The van der Waals surface area contributed by atoms with E-state index in [1.807, 2.05) is 0 Å². The number of hydrogen-bond acceptors (Lipinski definition) is 3. The Labute approximate surface area is 134 Å². The van der Waals surface area contributed by atoms with Crippen molar-refractivity contribution >= 4 is 21.6 Å². The van der Waals surface area contributed by atoms with Gasteiger partial charge in [-0.1, -0.05) is 0 Å². The first-order valence-corrected chi connectivity index (χ1v) is 9.07. The van der Waals surface area contributed by atoms with Crippen LogP contribution >= 0.6 is 0 Å². The normalized spacial score (nSPS) is 11.2. The van der Waals surface area contributed by atoms with Crippen molar-refractivity contribution in [3.63, 3.8) is 0 Å². The number of hydrogen-bond donors (Lipinski definition) is 2. The molecule has 0 atom stereocenters. The Balaban J connectivity index is 1.93. The Hall–Kier alpha value is -2.35. The van der Waals surface area contributed by atoms with Gasteiger partial charge in [0.25, 0.3) is 0 Å². The highest BCUT2D eigenvalue weighted by molar-refractivity contribution is 7.90. The summed E-state index contributed by atoms with van der Waals surface area (Å²) in [5.74, 6) is -0.387. The predicted molar refractivity (Wildman–Crippen MR) is 87.1 cm³/mol. The molecule has 2 rings (SSSR count). The van der Waals surface area contributed by atoms with Crippen LogP contribution in [0.4, 0.5) is 14.9 Å². The third kappa shape index (κ3) is 5.41. The van der Waals surface area contributed by atoms with E-state index in [0.717, 1.165) is 6.26 Å². The largest absolute Gasteiger partial charge is 0.338 e. The number of nitrogens with one attached hydrogen (secondary N) is 2. The predicted octanol–water partition coefficient (Wildman–Crippen LogP) is 2.17. The summed E-state index contributed by atoms with van der Waals surface area (Å²) < 4.78 is 37.4. The second kappa shape index (κ2) is 7.28. The number of sulfone groups is 1. The molecule has 2 N–H and O–H groups in total. The van der Waals surface area contributed by atoms with Crippen molar-refractivity contribution in [2.45, 2.75) is 6.42 Å². The van der Waals surface area contributed by atoms with Gasteiger partial charge in [-0.15, -0.1) is 0 Å². The van der Waals surface area contributed by atoms with E-state index in [2.05, 4.69) is 10.6 Å². The van der Waals surface area contributed by atoms with Crippen LogP contribution < -0.4 is 10.6 Å². The van der Waals surface area contributed by atoms with Crippen LogP contribution in [0.15, 0.2) is 42.7 Å². The van der Waals surface area contributed by atoms with E-state index in [0.29, 0.717) is 17.8 Å². The number of anilines is 1. The van der Waals surface area contributed by atoms with Crippen LogP contribution in [-0.2, 0) is 9.84 Å². The summed E-state index contributed by atoms with van der Waals surface area (Å²) in [6.07, 6.45) is 4.89. The molecule has 0 fully saturated rings. The third-order valence-electron chi connectivity index (χ3n) is 3.06. The van der Waals surface area contributed by atoms with Crippen LogP contribution in [0.1, 0.15) is 6.42 Å². The zero-order chi connectivity index (χ0) is 16.9. The molecular weight excluding hydrogens is 321 g/mol.